The summed E-state index contributed by atoms with van der Waals surface area (Å²) >= 11 is -1.93. The van der Waals surface area contributed by atoms with Crippen molar-refractivity contribution in [3.8, 4) is 5.75 Å². The summed E-state index contributed by atoms with van der Waals surface area (Å²) in [4.78, 5) is 13.0. The molecule has 1 aliphatic rings. The number of alkyl halides is 1. The van der Waals surface area contributed by atoms with Gasteiger partial charge in [-0.05, 0) is 0 Å². The Bertz CT molecular complexity index is 512. The first-order valence-electron chi connectivity index (χ1n) is 9.49. The molecule has 1 saturated heterocycles. The molecule has 3 N–H and O–H groups in total. The SMILES string of the molecule is CC.CN(C)I(O)CCNCCN(C=O)c1ccc(OCC2CNC2)cc1. The van der Waals surface area contributed by atoms with Gasteiger partial charge in [-0.25, -0.2) is 0 Å². The fraction of sp³-hybridized carbons (Fsp3) is 0.632. The van der Waals surface area contributed by atoms with E-state index in [1.165, 1.54) is 0 Å². The van der Waals surface area contributed by atoms with Gasteiger partial charge in [-0.15, -0.1) is 0 Å². The first kappa shape index (κ1) is 24.1. The molecule has 156 valence electrons. The Morgan fingerprint density at radius 1 is 1.26 bits per heavy atom. The van der Waals surface area contributed by atoms with E-state index in [2.05, 4.69) is 10.6 Å². The summed E-state index contributed by atoms with van der Waals surface area (Å²) in [5, 5.41) is 6.51. The molecule has 0 saturated carbocycles. The van der Waals surface area contributed by atoms with E-state index in [-0.39, 0.29) is 0 Å². The minimum atomic E-state index is -1.93. The number of carbonyl (C=O) groups excluding carboxylic acids is 1. The maximum absolute atomic E-state index is 11.3. The summed E-state index contributed by atoms with van der Waals surface area (Å²) in [5.41, 5.74) is 0.860. The van der Waals surface area contributed by atoms with Crippen molar-refractivity contribution in [1.82, 2.24) is 13.7 Å². The van der Waals surface area contributed by atoms with Crippen LogP contribution in [0.15, 0.2) is 24.3 Å². The first-order valence-corrected chi connectivity index (χ1v) is 12.9. The number of nitrogens with one attached hydrogen (secondary N) is 2. The van der Waals surface area contributed by atoms with E-state index in [4.69, 9.17) is 4.74 Å². The zero-order chi connectivity index (χ0) is 20.1. The van der Waals surface area contributed by atoms with Crippen LogP contribution < -0.4 is 20.3 Å². The van der Waals surface area contributed by atoms with Crippen molar-refractivity contribution in [2.45, 2.75) is 13.8 Å². The standard InChI is InChI=1S/C17H29IN4O3.C2H6/c1-21(2)18(24)7-8-19-9-10-22(14-23)16-3-5-17(6-4-16)25-13-15-11-20-12-15;1-2/h3-6,14-15,19-20,24H,7-13H2,1-2H3;1-2H3. The van der Waals surface area contributed by atoms with E-state index in [0.29, 0.717) is 19.0 Å². The Morgan fingerprint density at radius 3 is 2.44 bits per heavy atom. The molecule has 1 aromatic carbocycles. The van der Waals surface area contributed by atoms with Gasteiger partial charge in [-0.3, -0.25) is 0 Å². The number of anilines is 1. The first-order chi connectivity index (χ1) is 13.1. The zero-order valence-corrected chi connectivity index (χ0v) is 19.1. The summed E-state index contributed by atoms with van der Waals surface area (Å²) in [7, 11) is 3.82. The number of rotatable bonds is 12. The monoisotopic (exact) mass is 494 g/mol. The van der Waals surface area contributed by atoms with E-state index >= 15 is 0 Å². The number of carbonyl (C=O) groups is 1. The van der Waals surface area contributed by atoms with Crippen molar-refractivity contribution in [1.29, 1.82) is 0 Å². The van der Waals surface area contributed by atoms with Crippen LogP contribution in [0.2, 0.25) is 0 Å². The van der Waals surface area contributed by atoms with Gasteiger partial charge in [0.1, 0.15) is 0 Å². The van der Waals surface area contributed by atoms with Gasteiger partial charge in [0, 0.05) is 19.0 Å². The van der Waals surface area contributed by atoms with Crippen molar-refractivity contribution in [2.75, 3.05) is 62.8 Å². The Labute approximate surface area is 171 Å². The van der Waals surface area contributed by atoms with Crippen molar-refractivity contribution in [2.24, 2.45) is 5.92 Å². The van der Waals surface area contributed by atoms with Gasteiger partial charge in [0.15, 0.2) is 0 Å². The van der Waals surface area contributed by atoms with Crippen molar-refractivity contribution < 1.29 is 13.0 Å². The van der Waals surface area contributed by atoms with Gasteiger partial charge in [0.25, 0.3) is 0 Å². The van der Waals surface area contributed by atoms with Gasteiger partial charge in [0.2, 0.25) is 0 Å². The molecule has 8 heteroatoms. The van der Waals surface area contributed by atoms with Crippen LogP contribution in [0.4, 0.5) is 5.69 Å². The molecule has 27 heavy (non-hydrogen) atoms. The van der Waals surface area contributed by atoms with Gasteiger partial charge in [-0.1, -0.05) is 13.8 Å². The second-order valence-electron chi connectivity index (χ2n) is 6.17. The third kappa shape index (κ3) is 9.20. The van der Waals surface area contributed by atoms with Crippen LogP contribution >= 0.6 is 20.5 Å². The molecule has 1 aliphatic heterocycles. The number of hydrogen-bond donors (Lipinski definition) is 3. The van der Waals surface area contributed by atoms with Gasteiger partial charge in [-0.2, -0.15) is 0 Å². The summed E-state index contributed by atoms with van der Waals surface area (Å²) in [6, 6.07) is 7.63. The minimum absolute atomic E-state index is 0.596. The molecule has 0 aromatic heterocycles. The Morgan fingerprint density at radius 2 is 1.93 bits per heavy atom. The van der Waals surface area contributed by atoms with Crippen LogP contribution in [-0.2, 0) is 4.79 Å². The summed E-state index contributed by atoms with van der Waals surface area (Å²) in [6.07, 6.45) is 0.849. The van der Waals surface area contributed by atoms with E-state index in [9.17, 15) is 8.23 Å². The topological polar surface area (TPSA) is 77.1 Å². The average molecular weight is 494 g/mol. The third-order valence-electron chi connectivity index (χ3n) is 4.01. The number of benzene rings is 1. The molecule has 0 aliphatic carbocycles. The number of ether oxygens (including phenoxy) is 1. The summed E-state index contributed by atoms with van der Waals surface area (Å²) in [6.45, 7) is 8.85. The molecule has 1 fully saturated rings. The number of nitrogens with zero attached hydrogens (tertiary/aromatic N) is 2. The molecule has 0 spiro atoms. The van der Waals surface area contributed by atoms with E-state index in [1.807, 2.05) is 55.3 Å². The Balaban J connectivity index is 0.00000176. The van der Waals surface area contributed by atoms with E-state index in [1.54, 1.807) is 4.90 Å². The van der Waals surface area contributed by atoms with Crippen LogP contribution in [0.25, 0.3) is 0 Å². The van der Waals surface area contributed by atoms with Crippen molar-refractivity contribution >= 4 is 32.6 Å². The predicted octanol–water partition coefficient (Wildman–Crippen LogP) is 1.75. The van der Waals surface area contributed by atoms with Gasteiger partial charge in [0.05, 0.1) is 0 Å². The molecule has 0 bridgehead atoms. The molecular formula is C19H35IN4O3. The molecule has 7 nitrogen and oxygen atoms in total. The zero-order valence-electron chi connectivity index (χ0n) is 16.9. The maximum atomic E-state index is 11.3. The average Bonchev–Trinajstić information content (AvgIpc) is 2.65. The second kappa shape index (κ2) is 14.1. The number of amides is 1. The fourth-order valence-electron chi connectivity index (χ4n) is 2.30. The van der Waals surface area contributed by atoms with Crippen LogP contribution in [-0.4, -0.2) is 70.8 Å². The van der Waals surface area contributed by atoms with Crippen LogP contribution in [0, 0.1) is 5.92 Å². The fourth-order valence-corrected chi connectivity index (χ4v) is 4.13. The molecule has 1 amide bonds. The van der Waals surface area contributed by atoms with Gasteiger partial charge < -0.3 is 5.32 Å². The molecule has 0 atom stereocenters. The summed E-state index contributed by atoms with van der Waals surface area (Å²) in [5.74, 6) is 1.44. The van der Waals surface area contributed by atoms with E-state index < -0.39 is 20.5 Å². The normalized spacial score (nSPS) is 14.1. The van der Waals surface area contributed by atoms with Crippen LogP contribution in [0.1, 0.15) is 13.8 Å². The number of halogens is 1. The van der Waals surface area contributed by atoms with E-state index in [0.717, 1.165) is 48.5 Å². The Kier molecular flexibility index (Phi) is 12.6. The third-order valence-corrected chi connectivity index (χ3v) is 7.74. The number of hydrogen-bond acceptors (Lipinski definition) is 6. The molecule has 1 aromatic rings. The summed E-state index contributed by atoms with van der Waals surface area (Å²) < 4.78 is 18.3. The van der Waals surface area contributed by atoms with Crippen molar-refractivity contribution in [3.63, 3.8) is 0 Å². The van der Waals surface area contributed by atoms with Crippen LogP contribution in [0.5, 0.6) is 5.75 Å². The molecular weight excluding hydrogens is 459 g/mol. The van der Waals surface area contributed by atoms with Crippen LogP contribution in [0.3, 0.4) is 0 Å². The molecule has 0 radical (unpaired) electrons. The molecule has 1 heterocycles. The molecule has 0 unspecified atom stereocenters. The molecule has 2 rings (SSSR count). The van der Waals surface area contributed by atoms with Gasteiger partial charge >= 0.3 is 134 Å². The second-order valence-corrected chi connectivity index (χ2v) is 11.0. The Hall–Kier alpha value is -0.940. The quantitative estimate of drug-likeness (QED) is 0.135. The predicted molar refractivity (Wildman–Crippen MR) is 121 cm³/mol. The van der Waals surface area contributed by atoms with Crippen molar-refractivity contribution in [3.05, 3.63) is 24.3 Å².